The van der Waals surface area contributed by atoms with E-state index in [-0.39, 0.29) is 11.6 Å². The van der Waals surface area contributed by atoms with Gasteiger partial charge in [-0.1, -0.05) is 12.1 Å². The number of hydrogen-bond acceptors (Lipinski definition) is 1. The maximum Gasteiger partial charge on any atom is 0.127 e. The molecule has 0 N–H and O–H groups in total. The number of alkyl halides is 1. The lowest BCUT2D eigenvalue weighted by atomic mass is 10.0. The van der Waals surface area contributed by atoms with Gasteiger partial charge in [-0.25, -0.2) is 8.78 Å². The highest BCUT2D eigenvalue weighted by atomic mass is 35.5. The first-order valence-corrected chi connectivity index (χ1v) is 6.48. The van der Waals surface area contributed by atoms with Crippen LogP contribution in [0.2, 0.25) is 0 Å². The minimum absolute atomic E-state index is 0.329. The third kappa shape index (κ3) is 3.67. The summed E-state index contributed by atoms with van der Waals surface area (Å²) in [5.41, 5.74) is 1.32. The van der Waals surface area contributed by atoms with Gasteiger partial charge in [-0.3, -0.25) is 0 Å². The van der Waals surface area contributed by atoms with Crippen molar-refractivity contribution in [2.45, 2.75) is 6.42 Å². The van der Waals surface area contributed by atoms with Gasteiger partial charge in [0.15, 0.2) is 0 Å². The summed E-state index contributed by atoms with van der Waals surface area (Å²) in [5, 5.41) is 0. The van der Waals surface area contributed by atoms with Crippen molar-refractivity contribution >= 4 is 11.6 Å². The van der Waals surface area contributed by atoms with E-state index in [4.69, 9.17) is 16.3 Å². The van der Waals surface area contributed by atoms with Crippen LogP contribution in [-0.4, -0.2) is 12.5 Å². The van der Waals surface area contributed by atoms with Crippen LogP contribution in [0.1, 0.15) is 6.42 Å². The molecule has 0 saturated heterocycles. The molecule has 19 heavy (non-hydrogen) atoms. The molecule has 0 heterocycles. The fourth-order valence-corrected chi connectivity index (χ4v) is 1.83. The molecular formula is C15H13ClF2O. The molecule has 1 nitrogen and oxygen atoms in total. The van der Waals surface area contributed by atoms with Gasteiger partial charge in [-0.05, 0) is 42.3 Å². The Kier molecular flexibility index (Phi) is 4.74. The third-order valence-corrected chi connectivity index (χ3v) is 2.90. The van der Waals surface area contributed by atoms with Crippen LogP contribution in [0.25, 0.3) is 11.1 Å². The third-order valence-electron chi connectivity index (χ3n) is 2.63. The maximum atomic E-state index is 13.3. The minimum Gasteiger partial charge on any atom is -0.493 e. The van der Waals surface area contributed by atoms with Gasteiger partial charge in [0.2, 0.25) is 0 Å². The first kappa shape index (κ1) is 13.8. The predicted octanol–water partition coefficient (Wildman–Crippen LogP) is 4.64. The molecule has 0 aliphatic carbocycles. The summed E-state index contributed by atoms with van der Waals surface area (Å²) in [7, 11) is 0. The lowest BCUT2D eigenvalue weighted by Crippen LogP contribution is -1.99. The molecule has 2 aromatic rings. The van der Waals surface area contributed by atoms with E-state index in [1.54, 1.807) is 18.2 Å². The summed E-state index contributed by atoms with van der Waals surface area (Å²) in [5.74, 6) is 0.388. The van der Waals surface area contributed by atoms with E-state index in [1.807, 2.05) is 0 Å². The van der Waals surface area contributed by atoms with Gasteiger partial charge in [0, 0.05) is 11.4 Å². The van der Waals surface area contributed by atoms with Crippen molar-refractivity contribution in [3.63, 3.8) is 0 Å². The van der Waals surface area contributed by atoms with Crippen LogP contribution in [-0.2, 0) is 0 Å². The zero-order valence-electron chi connectivity index (χ0n) is 10.2. The molecule has 0 spiro atoms. The van der Waals surface area contributed by atoms with E-state index in [0.717, 1.165) is 0 Å². The molecule has 0 aliphatic rings. The van der Waals surface area contributed by atoms with Gasteiger partial charge in [-0.2, -0.15) is 0 Å². The Labute approximate surface area is 115 Å². The van der Waals surface area contributed by atoms with Gasteiger partial charge >= 0.3 is 0 Å². The van der Waals surface area contributed by atoms with Crippen molar-refractivity contribution in [2.24, 2.45) is 0 Å². The molecule has 0 unspecified atom stereocenters. The Morgan fingerprint density at radius 2 is 1.63 bits per heavy atom. The molecule has 0 bridgehead atoms. The predicted molar refractivity (Wildman–Crippen MR) is 72.6 cm³/mol. The molecule has 2 rings (SSSR count). The van der Waals surface area contributed by atoms with Crippen molar-refractivity contribution in [1.82, 2.24) is 0 Å². The molecule has 0 radical (unpaired) electrons. The highest BCUT2D eigenvalue weighted by Crippen LogP contribution is 2.31. The van der Waals surface area contributed by atoms with E-state index in [9.17, 15) is 8.78 Å². The Morgan fingerprint density at radius 1 is 0.947 bits per heavy atom. The summed E-state index contributed by atoms with van der Waals surface area (Å²) < 4.78 is 31.8. The highest BCUT2D eigenvalue weighted by Gasteiger charge is 2.08. The lowest BCUT2D eigenvalue weighted by molar-refractivity contribution is 0.319. The molecule has 100 valence electrons. The van der Waals surface area contributed by atoms with Crippen LogP contribution in [0, 0.1) is 11.6 Å². The standard InChI is InChI=1S/C15H13ClF2O/c16-8-1-9-19-15-7-6-13(18)10-14(15)11-2-4-12(17)5-3-11/h2-7,10H,1,8-9H2. The summed E-state index contributed by atoms with van der Waals surface area (Å²) in [6.45, 7) is 0.462. The zero-order chi connectivity index (χ0) is 13.7. The first-order chi connectivity index (χ1) is 9.20. The molecule has 0 aliphatic heterocycles. The lowest BCUT2D eigenvalue weighted by Gasteiger charge is -2.11. The van der Waals surface area contributed by atoms with E-state index in [2.05, 4.69) is 0 Å². The van der Waals surface area contributed by atoms with Crippen molar-refractivity contribution in [1.29, 1.82) is 0 Å². The summed E-state index contributed by atoms with van der Waals surface area (Å²) in [6, 6.07) is 10.1. The Balaban J connectivity index is 2.31. The second-order valence-electron chi connectivity index (χ2n) is 4.04. The van der Waals surface area contributed by atoms with Crippen molar-refractivity contribution in [3.8, 4) is 16.9 Å². The molecule has 0 fully saturated rings. The average molecular weight is 283 g/mol. The van der Waals surface area contributed by atoms with Gasteiger partial charge in [0.25, 0.3) is 0 Å². The van der Waals surface area contributed by atoms with E-state index < -0.39 is 0 Å². The highest BCUT2D eigenvalue weighted by molar-refractivity contribution is 6.17. The first-order valence-electron chi connectivity index (χ1n) is 5.95. The SMILES string of the molecule is Fc1ccc(-c2cc(F)ccc2OCCCCl)cc1. The summed E-state index contributed by atoms with van der Waals surface area (Å²) in [6.07, 6.45) is 0.710. The van der Waals surface area contributed by atoms with Crippen LogP contribution in [0.4, 0.5) is 8.78 Å². The minimum atomic E-state index is -0.357. The zero-order valence-corrected chi connectivity index (χ0v) is 11.0. The number of benzene rings is 2. The van der Waals surface area contributed by atoms with Crippen LogP contribution in [0.3, 0.4) is 0 Å². The average Bonchev–Trinajstić information content (AvgIpc) is 2.41. The van der Waals surface area contributed by atoms with Crippen LogP contribution in [0.5, 0.6) is 5.75 Å². The normalized spacial score (nSPS) is 10.5. The number of hydrogen-bond donors (Lipinski definition) is 0. The second kappa shape index (κ2) is 6.53. The van der Waals surface area contributed by atoms with Gasteiger partial charge in [0.1, 0.15) is 17.4 Å². The molecule has 0 atom stereocenters. The largest absolute Gasteiger partial charge is 0.493 e. The maximum absolute atomic E-state index is 13.3. The molecule has 2 aromatic carbocycles. The Bertz CT molecular complexity index is 540. The van der Waals surface area contributed by atoms with E-state index >= 15 is 0 Å². The molecule has 0 saturated carbocycles. The van der Waals surface area contributed by atoms with Crippen molar-refractivity contribution in [2.75, 3.05) is 12.5 Å². The quantitative estimate of drug-likeness (QED) is 0.573. The topological polar surface area (TPSA) is 9.23 Å². The van der Waals surface area contributed by atoms with Gasteiger partial charge in [0.05, 0.1) is 6.61 Å². The second-order valence-corrected chi connectivity index (χ2v) is 4.42. The Hall–Kier alpha value is -1.61. The fraction of sp³-hybridized carbons (Fsp3) is 0.200. The monoisotopic (exact) mass is 282 g/mol. The number of halogens is 3. The summed E-state index contributed by atoms with van der Waals surface area (Å²) in [4.78, 5) is 0. The summed E-state index contributed by atoms with van der Waals surface area (Å²) >= 11 is 5.59. The van der Waals surface area contributed by atoms with Gasteiger partial charge in [-0.15, -0.1) is 11.6 Å². The van der Waals surface area contributed by atoms with E-state index in [0.29, 0.717) is 35.8 Å². The number of ether oxygens (including phenoxy) is 1. The molecular weight excluding hydrogens is 270 g/mol. The van der Waals surface area contributed by atoms with Crippen LogP contribution < -0.4 is 4.74 Å². The van der Waals surface area contributed by atoms with Gasteiger partial charge < -0.3 is 4.74 Å². The van der Waals surface area contributed by atoms with Crippen LogP contribution >= 0.6 is 11.6 Å². The fourth-order valence-electron chi connectivity index (χ4n) is 1.72. The van der Waals surface area contributed by atoms with Crippen molar-refractivity contribution < 1.29 is 13.5 Å². The van der Waals surface area contributed by atoms with E-state index in [1.165, 1.54) is 24.3 Å². The molecule has 4 heteroatoms. The molecule has 0 amide bonds. The van der Waals surface area contributed by atoms with Crippen LogP contribution in [0.15, 0.2) is 42.5 Å². The Morgan fingerprint density at radius 3 is 2.32 bits per heavy atom. The molecule has 0 aromatic heterocycles. The smallest absolute Gasteiger partial charge is 0.127 e. The van der Waals surface area contributed by atoms with Crippen molar-refractivity contribution in [3.05, 3.63) is 54.1 Å². The number of rotatable bonds is 5.